The zero-order valence-corrected chi connectivity index (χ0v) is 12.1. The average molecular weight is 300 g/mol. The summed E-state index contributed by atoms with van der Waals surface area (Å²) < 4.78 is 1.35. The average Bonchev–Trinajstić information content (AvgIpc) is 2.40. The molecule has 1 aromatic rings. The van der Waals surface area contributed by atoms with Crippen LogP contribution in [-0.4, -0.2) is 21.2 Å². The fraction of sp³-hybridized carbons (Fsp3) is 0.615. The topological polar surface area (TPSA) is 97.9 Å². The third-order valence-corrected chi connectivity index (χ3v) is 4.22. The molecule has 6 nitrogen and oxygen atoms in total. The van der Waals surface area contributed by atoms with E-state index in [1.54, 1.807) is 0 Å². The first-order valence-corrected chi connectivity index (χ1v) is 7.24. The van der Waals surface area contributed by atoms with Gasteiger partial charge in [-0.25, -0.2) is 4.79 Å². The van der Waals surface area contributed by atoms with Crippen molar-refractivity contribution in [2.45, 2.75) is 38.6 Å². The van der Waals surface area contributed by atoms with Crippen LogP contribution in [0.4, 0.5) is 5.82 Å². The summed E-state index contributed by atoms with van der Waals surface area (Å²) >= 11 is 5.49. The minimum Gasteiger partial charge on any atom is -0.384 e. The fourth-order valence-electron chi connectivity index (χ4n) is 2.91. The summed E-state index contributed by atoms with van der Waals surface area (Å²) in [5, 5.41) is 0. The molecule has 1 aromatic heterocycles. The normalized spacial score (nSPS) is 22.7. The number of hydrogen-bond acceptors (Lipinski definition) is 4. The van der Waals surface area contributed by atoms with Gasteiger partial charge < -0.3 is 5.73 Å². The number of hydrogen-bond donors (Lipinski definition) is 2. The number of Topliss-reactive ketones (excluding diaryl/α,β-unsaturated/α-hetero) is 1. The quantitative estimate of drug-likeness (QED) is 0.649. The second-order valence-corrected chi connectivity index (χ2v) is 5.54. The van der Waals surface area contributed by atoms with Crippen molar-refractivity contribution in [3.63, 3.8) is 0 Å². The Hall–Kier alpha value is -1.56. The van der Waals surface area contributed by atoms with Gasteiger partial charge in [0.25, 0.3) is 5.56 Å². The number of nitrogens with zero attached hydrogens (tertiary/aromatic N) is 1. The van der Waals surface area contributed by atoms with Crippen LogP contribution in [0.2, 0.25) is 0 Å². The Kier molecular flexibility index (Phi) is 4.32. The highest BCUT2D eigenvalue weighted by Crippen LogP contribution is 2.33. The van der Waals surface area contributed by atoms with Crippen molar-refractivity contribution in [1.29, 1.82) is 0 Å². The first kappa shape index (κ1) is 14.8. The second kappa shape index (κ2) is 5.83. The van der Waals surface area contributed by atoms with Crippen molar-refractivity contribution in [1.82, 2.24) is 9.55 Å². The van der Waals surface area contributed by atoms with Crippen molar-refractivity contribution >= 4 is 23.2 Å². The van der Waals surface area contributed by atoms with E-state index in [4.69, 9.17) is 17.3 Å². The Balaban J connectivity index is 2.61. The minimum atomic E-state index is -0.766. The SMILES string of the molecule is C[C@@H]1CCCC[C@@H]1n1c(N)c(C(=O)CCl)c(=O)[nH]c1=O. The lowest BCUT2D eigenvalue weighted by molar-refractivity contribution is 0.101. The second-order valence-electron chi connectivity index (χ2n) is 5.28. The molecule has 1 heterocycles. The zero-order valence-electron chi connectivity index (χ0n) is 11.3. The fourth-order valence-corrected chi connectivity index (χ4v) is 3.05. The van der Waals surface area contributed by atoms with Crippen LogP contribution >= 0.6 is 11.6 Å². The Labute approximate surface area is 120 Å². The lowest BCUT2D eigenvalue weighted by Gasteiger charge is -2.31. The van der Waals surface area contributed by atoms with E-state index < -0.39 is 17.0 Å². The highest BCUT2D eigenvalue weighted by Gasteiger charge is 2.28. The van der Waals surface area contributed by atoms with Crippen LogP contribution in [0.5, 0.6) is 0 Å². The molecule has 3 N–H and O–H groups in total. The maximum absolute atomic E-state index is 12.1. The van der Waals surface area contributed by atoms with E-state index in [9.17, 15) is 14.4 Å². The number of anilines is 1. The zero-order chi connectivity index (χ0) is 14.9. The van der Waals surface area contributed by atoms with E-state index in [2.05, 4.69) is 4.98 Å². The predicted molar refractivity (Wildman–Crippen MR) is 77.5 cm³/mol. The molecule has 1 saturated carbocycles. The third-order valence-electron chi connectivity index (χ3n) is 3.98. The van der Waals surface area contributed by atoms with Crippen molar-refractivity contribution in [3.8, 4) is 0 Å². The maximum atomic E-state index is 12.1. The molecule has 1 aliphatic carbocycles. The molecule has 0 radical (unpaired) electrons. The molecule has 7 heteroatoms. The van der Waals surface area contributed by atoms with Crippen LogP contribution in [0, 0.1) is 5.92 Å². The molecule has 0 unspecified atom stereocenters. The molecule has 2 rings (SSSR count). The van der Waals surface area contributed by atoms with Crippen LogP contribution in [0.3, 0.4) is 0 Å². The van der Waals surface area contributed by atoms with Gasteiger partial charge in [0, 0.05) is 6.04 Å². The number of nitrogens with two attached hydrogens (primary N) is 1. The van der Waals surface area contributed by atoms with Crippen molar-refractivity contribution < 1.29 is 4.79 Å². The Morgan fingerprint density at radius 2 is 2.05 bits per heavy atom. The molecule has 20 heavy (non-hydrogen) atoms. The van der Waals surface area contributed by atoms with E-state index in [0.29, 0.717) is 0 Å². The maximum Gasteiger partial charge on any atom is 0.330 e. The molecule has 0 bridgehead atoms. The molecule has 1 aliphatic rings. The molecular formula is C13H18ClN3O3. The van der Waals surface area contributed by atoms with Gasteiger partial charge in [-0.2, -0.15) is 0 Å². The van der Waals surface area contributed by atoms with E-state index in [1.807, 2.05) is 6.92 Å². The highest BCUT2D eigenvalue weighted by molar-refractivity contribution is 6.31. The van der Waals surface area contributed by atoms with Gasteiger partial charge in [0.15, 0.2) is 5.78 Å². The Bertz CT molecular complexity index is 635. The molecule has 2 atom stereocenters. The molecule has 0 spiro atoms. The van der Waals surface area contributed by atoms with Gasteiger partial charge in [0.1, 0.15) is 11.4 Å². The van der Waals surface area contributed by atoms with Gasteiger partial charge in [0.05, 0.1) is 5.88 Å². The van der Waals surface area contributed by atoms with Crippen molar-refractivity contribution in [2.24, 2.45) is 5.92 Å². The summed E-state index contributed by atoms with van der Waals surface area (Å²) in [6, 6.07) is -0.0880. The minimum absolute atomic E-state index is 0.0665. The lowest BCUT2D eigenvalue weighted by Crippen LogP contribution is -2.40. The summed E-state index contributed by atoms with van der Waals surface area (Å²) in [4.78, 5) is 37.7. The first-order valence-electron chi connectivity index (χ1n) is 6.70. The molecule has 0 saturated heterocycles. The number of nitrogens with one attached hydrogen (secondary N) is 1. The number of aromatic amines is 1. The van der Waals surface area contributed by atoms with Crippen molar-refractivity contribution in [3.05, 3.63) is 26.4 Å². The monoisotopic (exact) mass is 299 g/mol. The number of ketones is 1. The molecule has 0 aliphatic heterocycles. The lowest BCUT2D eigenvalue weighted by atomic mass is 9.85. The van der Waals surface area contributed by atoms with Crippen LogP contribution < -0.4 is 17.0 Å². The number of halogens is 1. The smallest absolute Gasteiger partial charge is 0.330 e. The number of alkyl halides is 1. The van der Waals surface area contributed by atoms with E-state index in [-0.39, 0.29) is 29.2 Å². The van der Waals surface area contributed by atoms with Crippen LogP contribution in [0.15, 0.2) is 9.59 Å². The standard InChI is InChI=1S/C13H18ClN3O3/c1-7-4-2-3-5-8(7)17-11(15)10(9(18)6-14)12(19)16-13(17)20/h7-8H,2-6,15H2,1H3,(H,16,19,20)/t7-,8+/m1/s1. The van der Waals surface area contributed by atoms with Crippen molar-refractivity contribution in [2.75, 3.05) is 11.6 Å². The van der Waals surface area contributed by atoms with Crippen LogP contribution in [-0.2, 0) is 0 Å². The van der Waals surface area contributed by atoms with Gasteiger partial charge >= 0.3 is 5.69 Å². The summed E-state index contributed by atoms with van der Waals surface area (Å²) in [7, 11) is 0. The van der Waals surface area contributed by atoms with E-state index in [0.717, 1.165) is 25.7 Å². The first-order chi connectivity index (χ1) is 9.47. The number of carbonyl (C=O) groups excluding carboxylic acids is 1. The van der Waals surface area contributed by atoms with Gasteiger partial charge in [-0.3, -0.25) is 19.1 Å². The number of carbonyl (C=O) groups is 1. The molecule has 0 aromatic carbocycles. The van der Waals surface area contributed by atoms with E-state index >= 15 is 0 Å². The summed E-state index contributed by atoms with van der Waals surface area (Å²) in [6.07, 6.45) is 3.92. The van der Waals surface area contributed by atoms with Crippen LogP contribution in [0.25, 0.3) is 0 Å². The van der Waals surface area contributed by atoms with Gasteiger partial charge in [-0.05, 0) is 18.8 Å². The Morgan fingerprint density at radius 1 is 1.40 bits per heavy atom. The third kappa shape index (κ3) is 2.52. The largest absolute Gasteiger partial charge is 0.384 e. The number of nitrogen functional groups attached to an aromatic ring is 1. The van der Waals surface area contributed by atoms with Gasteiger partial charge in [0.2, 0.25) is 0 Å². The van der Waals surface area contributed by atoms with Crippen LogP contribution in [0.1, 0.15) is 49.0 Å². The Morgan fingerprint density at radius 3 is 2.65 bits per heavy atom. The molecular weight excluding hydrogens is 282 g/mol. The highest BCUT2D eigenvalue weighted by atomic mass is 35.5. The summed E-state index contributed by atoms with van der Waals surface area (Å²) in [5.74, 6) is -0.703. The number of rotatable bonds is 3. The van der Waals surface area contributed by atoms with E-state index in [1.165, 1.54) is 4.57 Å². The summed E-state index contributed by atoms with van der Waals surface area (Å²) in [5.41, 5.74) is 4.38. The van der Waals surface area contributed by atoms with Gasteiger partial charge in [-0.15, -0.1) is 11.6 Å². The predicted octanol–water partition coefficient (Wildman–Crippen LogP) is 1.29. The molecule has 110 valence electrons. The molecule has 0 amide bonds. The molecule has 1 fully saturated rings. The number of H-pyrrole nitrogens is 1. The number of aromatic nitrogens is 2. The summed E-state index contributed by atoms with van der Waals surface area (Å²) in [6.45, 7) is 2.05. The van der Waals surface area contributed by atoms with Gasteiger partial charge in [-0.1, -0.05) is 19.8 Å².